The Morgan fingerprint density at radius 3 is 2.03 bits per heavy atom. The Kier molecular flexibility index (Phi) is 6.55. The first-order valence-corrected chi connectivity index (χ1v) is 11.3. The molecule has 0 saturated carbocycles. The number of Topliss-reactive ketones (excluding diaryl/α,β-unsaturated/α-hetero) is 1. The number of aryl methyl sites for hydroxylation is 1. The van der Waals surface area contributed by atoms with Crippen molar-refractivity contribution in [3.05, 3.63) is 98.5 Å². The van der Waals surface area contributed by atoms with Crippen molar-refractivity contribution in [3.8, 4) is 0 Å². The van der Waals surface area contributed by atoms with E-state index >= 15 is 0 Å². The van der Waals surface area contributed by atoms with E-state index in [9.17, 15) is 19.2 Å². The van der Waals surface area contributed by atoms with Crippen molar-refractivity contribution in [1.29, 1.82) is 0 Å². The van der Waals surface area contributed by atoms with Crippen molar-refractivity contribution < 1.29 is 23.9 Å². The zero-order chi connectivity index (χ0) is 24.6. The van der Waals surface area contributed by atoms with Gasteiger partial charge in [0.1, 0.15) is 0 Å². The molecular formula is C26H19Cl2NO5. The maximum Gasteiger partial charge on any atom is 0.338 e. The fourth-order valence-corrected chi connectivity index (χ4v) is 4.07. The van der Waals surface area contributed by atoms with E-state index in [4.69, 9.17) is 27.9 Å². The van der Waals surface area contributed by atoms with Gasteiger partial charge < -0.3 is 4.74 Å². The number of carbonyl (C=O) groups is 4. The largest absolute Gasteiger partial charge is 0.450 e. The first-order chi connectivity index (χ1) is 16.2. The van der Waals surface area contributed by atoms with E-state index in [2.05, 4.69) is 0 Å². The Hall–Kier alpha value is -3.48. The van der Waals surface area contributed by atoms with Crippen LogP contribution in [0.1, 0.15) is 60.3 Å². The summed E-state index contributed by atoms with van der Waals surface area (Å²) in [7, 11) is 0. The zero-order valence-electron chi connectivity index (χ0n) is 18.3. The Labute approximate surface area is 206 Å². The third-order valence-corrected chi connectivity index (χ3v) is 6.31. The summed E-state index contributed by atoms with van der Waals surface area (Å²) in [5.41, 5.74) is 1.63. The van der Waals surface area contributed by atoms with Gasteiger partial charge in [-0.1, -0.05) is 66.5 Å². The summed E-state index contributed by atoms with van der Waals surface area (Å²) in [5, 5.41) is 0.317. The number of ketones is 1. The number of anilines is 1. The van der Waals surface area contributed by atoms with Crippen molar-refractivity contribution >= 4 is 52.5 Å². The normalized spacial score (nSPS) is 13.6. The quantitative estimate of drug-likeness (QED) is 0.240. The minimum atomic E-state index is -0.969. The van der Waals surface area contributed by atoms with Gasteiger partial charge in [-0.05, 0) is 43.2 Å². The SMILES string of the molecule is CC[C@@H](OC(=O)c1ccc(C)c(N2C(=O)c3cc(Cl)c(Cl)cc3C2=O)c1)C(=O)c1ccccc1. The third-order valence-electron chi connectivity index (χ3n) is 5.58. The van der Waals surface area contributed by atoms with E-state index in [1.807, 2.05) is 0 Å². The molecule has 4 rings (SSSR count). The highest BCUT2D eigenvalue weighted by atomic mass is 35.5. The summed E-state index contributed by atoms with van der Waals surface area (Å²) in [6, 6.07) is 15.8. The number of nitrogens with zero attached hydrogens (tertiary/aromatic N) is 1. The number of ether oxygens (including phenoxy) is 1. The van der Waals surface area contributed by atoms with Crippen LogP contribution >= 0.6 is 23.2 Å². The monoisotopic (exact) mass is 495 g/mol. The summed E-state index contributed by atoms with van der Waals surface area (Å²) in [6.07, 6.45) is -0.679. The van der Waals surface area contributed by atoms with Gasteiger partial charge >= 0.3 is 5.97 Å². The second-order valence-electron chi connectivity index (χ2n) is 7.79. The van der Waals surface area contributed by atoms with E-state index in [0.717, 1.165) is 4.90 Å². The van der Waals surface area contributed by atoms with Gasteiger partial charge in [0.2, 0.25) is 5.78 Å². The first kappa shape index (κ1) is 23.7. The van der Waals surface area contributed by atoms with Crippen LogP contribution < -0.4 is 4.90 Å². The molecule has 1 aliphatic rings. The predicted octanol–water partition coefficient (Wildman–Crippen LogP) is 5.92. The lowest BCUT2D eigenvalue weighted by Gasteiger charge is -2.19. The molecule has 0 unspecified atom stereocenters. The average Bonchev–Trinajstić information content (AvgIpc) is 3.07. The van der Waals surface area contributed by atoms with Gasteiger partial charge in [0, 0.05) is 5.56 Å². The number of imide groups is 1. The highest BCUT2D eigenvalue weighted by Crippen LogP contribution is 2.35. The molecule has 1 heterocycles. The minimum Gasteiger partial charge on any atom is -0.450 e. The van der Waals surface area contributed by atoms with Gasteiger partial charge in [0.25, 0.3) is 11.8 Å². The Morgan fingerprint density at radius 1 is 0.882 bits per heavy atom. The van der Waals surface area contributed by atoms with Crippen molar-refractivity contribution in [2.24, 2.45) is 0 Å². The van der Waals surface area contributed by atoms with Crippen LogP contribution in [0.5, 0.6) is 0 Å². The number of rotatable bonds is 6. The summed E-state index contributed by atoms with van der Waals surface area (Å²) in [4.78, 5) is 52.7. The molecule has 0 radical (unpaired) electrons. The molecule has 0 aliphatic carbocycles. The molecule has 3 aromatic carbocycles. The smallest absolute Gasteiger partial charge is 0.338 e. The lowest BCUT2D eigenvalue weighted by molar-refractivity contribution is 0.0277. The second-order valence-corrected chi connectivity index (χ2v) is 8.61. The molecule has 1 aliphatic heterocycles. The van der Waals surface area contributed by atoms with Crippen LogP contribution in [0.4, 0.5) is 5.69 Å². The van der Waals surface area contributed by atoms with Gasteiger partial charge in [-0.3, -0.25) is 14.4 Å². The van der Waals surface area contributed by atoms with Crippen LogP contribution in [0.25, 0.3) is 0 Å². The Bertz CT molecular complexity index is 1300. The van der Waals surface area contributed by atoms with Crippen molar-refractivity contribution in [1.82, 2.24) is 0 Å². The average molecular weight is 496 g/mol. The summed E-state index contributed by atoms with van der Waals surface area (Å²) in [5.74, 6) is -2.19. The number of hydrogen-bond acceptors (Lipinski definition) is 5. The minimum absolute atomic E-state index is 0.104. The number of fused-ring (bicyclic) bond motifs is 1. The van der Waals surface area contributed by atoms with Crippen LogP contribution in [0, 0.1) is 6.92 Å². The molecule has 172 valence electrons. The third kappa shape index (κ3) is 4.22. The highest BCUT2D eigenvalue weighted by molar-refractivity contribution is 6.44. The van der Waals surface area contributed by atoms with Crippen molar-refractivity contribution in [2.75, 3.05) is 4.90 Å². The second kappa shape index (κ2) is 9.41. The zero-order valence-corrected chi connectivity index (χ0v) is 19.8. The van der Waals surface area contributed by atoms with E-state index in [0.29, 0.717) is 11.1 Å². The van der Waals surface area contributed by atoms with E-state index in [-0.39, 0.29) is 44.6 Å². The number of amides is 2. The van der Waals surface area contributed by atoms with E-state index in [1.165, 1.54) is 24.3 Å². The summed E-state index contributed by atoms with van der Waals surface area (Å²) >= 11 is 12.1. The Balaban J connectivity index is 1.62. The highest BCUT2D eigenvalue weighted by Gasteiger charge is 2.38. The molecule has 34 heavy (non-hydrogen) atoms. The molecule has 2 amide bonds. The number of esters is 1. The maximum atomic E-state index is 13.0. The van der Waals surface area contributed by atoms with Crippen LogP contribution in [-0.2, 0) is 4.74 Å². The van der Waals surface area contributed by atoms with Gasteiger partial charge in [0.15, 0.2) is 6.10 Å². The van der Waals surface area contributed by atoms with Crippen LogP contribution in [-0.4, -0.2) is 29.7 Å². The number of hydrogen-bond donors (Lipinski definition) is 0. The molecule has 3 aromatic rings. The van der Waals surface area contributed by atoms with Gasteiger partial charge in [0.05, 0.1) is 32.4 Å². The number of halogens is 2. The van der Waals surface area contributed by atoms with Gasteiger partial charge in [-0.25, -0.2) is 9.69 Å². The van der Waals surface area contributed by atoms with Crippen LogP contribution in [0.15, 0.2) is 60.7 Å². The molecule has 0 aromatic heterocycles. The molecule has 6 nitrogen and oxygen atoms in total. The summed E-state index contributed by atoms with van der Waals surface area (Å²) < 4.78 is 5.49. The maximum absolute atomic E-state index is 13.0. The summed E-state index contributed by atoms with van der Waals surface area (Å²) in [6.45, 7) is 3.45. The molecule has 0 spiro atoms. The van der Waals surface area contributed by atoms with Gasteiger partial charge in [-0.15, -0.1) is 0 Å². The molecule has 1 atom stereocenters. The molecule has 0 bridgehead atoms. The standard InChI is InChI=1S/C26H19Cl2NO5/c1-3-22(23(30)15-7-5-4-6-8-15)34-26(33)16-10-9-14(2)21(11-16)29-24(31)17-12-19(27)20(28)13-18(17)25(29)32/h4-13,22H,3H2,1-2H3/t22-/m1/s1. The molecular weight excluding hydrogens is 477 g/mol. The molecule has 0 N–H and O–H groups in total. The fraction of sp³-hybridized carbons (Fsp3) is 0.154. The number of carbonyl (C=O) groups excluding carboxylic acids is 4. The lowest BCUT2D eigenvalue weighted by atomic mass is 10.0. The van der Waals surface area contributed by atoms with Gasteiger partial charge in [-0.2, -0.15) is 0 Å². The van der Waals surface area contributed by atoms with E-state index < -0.39 is 23.9 Å². The van der Waals surface area contributed by atoms with Crippen molar-refractivity contribution in [2.45, 2.75) is 26.4 Å². The van der Waals surface area contributed by atoms with Crippen LogP contribution in [0.2, 0.25) is 10.0 Å². The van der Waals surface area contributed by atoms with Crippen molar-refractivity contribution in [3.63, 3.8) is 0 Å². The molecule has 8 heteroatoms. The topological polar surface area (TPSA) is 80.8 Å². The number of benzene rings is 3. The molecule has 0 fully saturated rings. The fourth-order valence-electron chi connectivity index (χ4n) is 3.74. The first-order valence-electron chi connectivity index (χ1n) is 10.5. The van der Waals surface area contributed by atoms with Crippen LogP contribution in [0.3, 0.4) is 0 Å². The predicted molar refractivity (Wildman–Crippen MR) is 129 cm³/mol. The molecule has 0 saturated heterocycles. The Morgan fingerprint density at radius 2 is 1.47 bits per heavy atom. The lowest BCUT2D eigenvalue weighted by Crippen LogP contribution is -2.30. The van der Waals surface area contributed by atoms with E-state index in [1.54, 1.807) is 50.2 Å².